The fraction of sp³-hybridized carbons (Fsp3) is 0.667. The first-order valence-corrected chi connectivity index (χ1v) is 3.64. The third-order valence-corrected chi connectivity index (χ3v) is 1.87. The molecular weight excluding hydrogens is 160 g/mol. The van der Waals surface area contributed by atoms with E-state index in [9.17, 15) is 4.79 Å². The van der Waals surface area contributed by atoms with Crippen molar-refractivity contribution in [3.05, 3.63) is 0 Å². The fourth-order valence-corrected chi connectivity index (χ4v) is 1.23. The van der Waals surface area contributed by atoms with Crippen LogP contribution in [0.4, 0.5) is 0 Å². The summed E-state index contributed by atoms with van der Waals surface area (Å²) in [4.78, 5) is 12.1. The zero-order valence-corrected chi connectivity index (χ0v) is 6.60. The Kier molecular flexibility index (Phi) is 2.37. The van der Waals surface area contributed by atoms with Crippen molar-refractivity contribution < 1.29 is 10.0 Å². The number of amides is 1. The molecule has 0 atom stereocenters. The maximum absolute atomic E-state index is 10.4. The second-order valence-corrected chi connectivity index (χ2v) is 2.90. The first-order valence-electron chi connectivity index (χ1n) is 3.64. The van der Waals surface area contributed by atoms with Gasteiger partial charge in [0.05, 0.1) is 0 Å². The van der Waals surface area contributed by atoms with E-state index in [-0.39, 0.29) is 17.8 Å². The number of carbonyl (C=O) groups is 1. The molecule has 12 heavy (non-hydrogen) atoms. The summed E-state index contributed by atoms with van der Waals surface area (Å²) in [5.41, 5.74) is 10.3. The Morgan fingerprint density at radius 3 is 2.58 bits per heavy atom. The number of carbonyl (C=O) groups excluding carboxylic acids is 1. The Balaban J connectivity index is 2.24. The lowest BCUT2D eigenvalue weighted by Crippen LogP contribution is -2.53. The molecular formula is C6H12N4O2. The van der Waals surface area contributed by atoms with Crippen LogP contribution < -0.4 is 11.5 Å². The molecule has 0 aliphatic carbocycles. The zero-order chi connectivity index (χ0) is 9.14. The van der Waals surface area contributed by atoms with Crippen LogP contribution in [0.5, 0.6) is 0 Å². The van der Waals surface area contributed by atoms with Gasteiger partial charge in [0.2, 0.25) is 11.9 Å². The van der Waals surface area contributed by atoms with Gasteiger partial charge in [-0.15, -0.1) is 0 Å². The molecule has 0 spiro atoms. The van der Waals surface area contributed by atoms with E-state index >= 15 is 0 Å². The molecule has 5 N–H and O–H groups in total. The minimum atomic E-state index is -0.306. The first kappa shape index (κ1) is 8.63. The average molecular weight is 172 g/mol. The molecule has 1 aliphatic heterocycles. The van der Waals surface area contributed by atoms with Crippen LogP contribution in [0, 0.1) is 5.92 Å². The summed E-state index contributed by atoms with van der Waals surface area (Å²) in [7, 11) is 0. The summed E-state index contributed by atoms with van der Waals surface area (Å²) in [6.45, 7) is 1.28. The predicted octanol–water partition coefficient (Wildman–Crippen LogP) is -1.50. The van der Waals surface area contributed by atoms with Gasteiger partial charge < -0.3 is 21.6 Å². The highest BCUT2D eigenvalue weighted by Gasteiger charge is 2.29. The lowest BCUT2D eigenvalue weighted by Gasteiger charge is -2.38. The maximum Gasteiger partial charge on any atom is 0.233 e. The number of oxime groups is 1. The van der Waals surface area contributed by atoms with Crippen LogP contribution in [0.15, 0.2) is 5.16 Å². The molecule has 0 radical (unpaired) electrons. The molecule has 1 aliphatic rings. The Bertz CT molecular complexity index is 210. The molecule has 1 heterocycles. The van der Waals surface area contributed by atoms with Gasteiger partial charge in [0.1, 0.15) is 0 Å². The molecule has 0 aromatic carbocycles. The quantitative estimate of drug-likeness (QED) is 0.204. The van der Waals surface area contributed by atoms with Gasteiger partial charge >= 0.3 is 0 Å². The number of hydrogen-bond acceptors (Lipinski definition) is 3. The van der Waals surface area contributed by atoms with E-state index in [1.54, 1.807) is 4.90 Å². The topological polar surface area (TPSA) is 105 Å². The third kappa shape index (κ3) is 1.77. The number of guanidine groups is 1. The Morgan fingerprint density at radius 1 is 1.58 bits per heavy atom. The second-order valence-electron chi connectivity index (χ2n) is 2.90. The van der Waals surface area contributed by atoms with Crippen LogP contribution >= 0.6 is 0 Å². The van der Waals surface area contributed by atoms with Gasteiger partial charge in [-0.1, -0.05) is 5.16 Å². The molecule has 1 fully saturated rings. The largest absolute Gasteiger partial charge is 0.408 e. The summed E-state index contributed by atoms with van der Waals surface area (Å²) in [6, 6.07) is 0. The summed E-state index contributed by atoms with van der Waals surface area (Å²) in [6.07, 6.45) is 0.370. The van der Waals surface area contributed by atoms with Crippen LogP contribution in [-0.4, -0.2) is 35.1 Å². The number of nitrogens with zero attached hydrogens (tertiary/aromatic N) is 2. The van der Waals surface area contributed by atoms with Crippen LogP contribution in [0.1, 0.15) is 6.42 Å². The normalized spacial score (nSPS) is 19.0. The van der Waals surface area contributed by atoms with Gasteiger partial charge in [-0.05, 0) is 0 Å². The van der Waals surface area contributed by atoms with Crippen molar-refractivity contribution in [3.63, 3.8) is 0 Å². The maximum atomic E-state index is 10.4. The van der Waals surface area contributed by atoms with E-state index in [0.717, 1.165) is 0 Å². The molecule has 1 amide bonds. The smallest absolute Gasteiger partial charge is 0.233 e. The van der Waals surface area contributed by atoms with Crippen molar-refractivity contribution in [3.8, 4) is 0 Å². The lowest BCUT2D eigenvalue weighted by atomic mass is 9.97. The minimum absolute atomic E-state index is 0.0933. The SMILES string of the molecule is NC(=O)CC1CN(/C(N)=N/O)C1. The molecule has 0 bridgehead atoms. The van der Waals surface area contributed by atoms with E-state index in [1.807, 2.05) is 0 Å². The fourth-order valence-electron chi connectivity index (χ4n) is 1.23. The molecule has 0 aromatic rings. The molecule has 0 aromatic heterocycles. The van der Waals surface area contributed by atoms with Crippen molar-refractivity contribution in [2.45, 2.75) is 6.42 Å². The summed E-state index contributed by atoms with van der Waals surface area (Å²) in [5, 5.41) is 11.1. The van der Waals surface area contributed by atoms with Gasteiger partial charge in [-0.25, -0.2) is 0 Å². The van der Waals surface area contributed by atoms with Gasteiger partial charge in [0.25, 0.3) is 0 Å². The molecule has 6 heteroatoms. The number of nitrogens with two attached hydrogens (primary N) is 2. The van der Waals surface area contributed by atoms with E-state index in [1.165, 1.54) is 0 Å². The summed E-state index contributed by atoms with van der Waals surface area (Å²) in [5.74, 6) is 0.0395. The van der Waals surface area contributed by atoms with Crippen LogP contribution in [0.2, 0.25) is 0 Å². The van der Waals surface area contributed by atoms with E-state index in [4.69, 9.17) is 16.7 Å². The predicted molar refractivity (Wildman–Crippen MR) is 42.3 cm³/mol. The Hall–Kier alpha value is -1.46. The Morgan fingerprint density at radius 2 is 2.17 bits per heavy atom. The number of hydrogen-bond donors (Lipinski definition) is 3. The lowest BCUT2D eigenvalue weighted by molar-refractivity contribution is -0.119. The highest BCUT2D eigenvalue weighted by atomic mass is 16.4. The van der Waals surface area contributed by atoms with Crippen molar-refractivity contribution in [1.29, 1.82) is 0 Å². The third-order valence-electron chi connectivity index (χ3n) is 1.87. The van der Waals surface area contributed by atoms with Crippen molar-refractivity contribution >= 4 is 11.9 Å². The molecule has 68 valence electrons. The van der Waals surface area contributed by atoms with Gasteiger partial charge in [-0.2, -0.15) is 0 Å². The number of primary amides is 1. The van der Waals surface area contributed by atoms with Crippen molar-refractivity contribution in [1.82, 2.24) is 4.90 Å². The zero-order valence-electron chi connectivity index (χ0n) is 6.60. The highest BCUT2D eigenvalue weighted by Crippen LogP contribution is 2.17. The standard InChI is InChI=1S/C6H12N4O2/c7-5(11)1-4-2-10(3-4)6(8)9-12/h4,12H,1-3H2,(H2,7,11)(H2,8,9). The molecule has 0 saturated carbocycles. The summed E-state index contributed by atoms with van der Waals surface area (Å²) < 4.78 is 0. The Labute approximate surface area is 69.8 Å². The molecule has 1 rings (SSSR count). The van der Waals surface area contributed by atoms with Crippen LogP contribution in [0.25, 0.3) is 0 Å². The highest BCUT2D eigenvalue weighted by molar-refractivity contribution is 5.79. The minimum Gasteiger partial charge on any atom is -0.408 e. The van der Waals surface area contributed by atoms with Crippen molar-refractivity contribution in [2.24, 2.45) is 22.5 Å². The van der Waals surface area contributed by atoms with Gasteiger partial charge in [-0.3, -0.25) is 4.79 Å². The first-order chi connectivity index (χ1) is 5.63. The molecule has 0 unspecified atom stereocenters. The van der Waals surface area contributed by atoms with Crippen molar-refractivity contribution in [2.75, 3.05) is 13.1 Å². The van der Waals surface area contributed by atoms with Crippen LogP contribution in [0.3, 0.4) is 0 Å². The monoisotopic (exact) mass is 172 g/mol. The average Bonchev–Trinajstić information content (AvgIpc) is 1.94. The van der Waals surface area contributed by atoms with Gasteiger partial charge in [0, 0.05) is 25.4 Å². The van der Waals surface area contributed by atoms with E-state index in [2.05, 4.69) is 5.16 Å². The second kappa shape index (κ2) is 3.29. The molecule has 1 saturated heterocycles. The van der Waals surface area contributed by atoms with Gasteiger partial charge in [0.15, 0.2) is 0 Å². The summed E-state index contributed by atoms with van der Waals surface area (Å²) >= 11 is 0. The van der Waals surface area contributed by atoms with Crippen LogP contribution in [-0.2, 0) is 4.79 Å². The number of rotatable bonds is 2. The van der Waals surface area contributed by atoms with E-state index < -0.39 is 0 Å². The van der Waals surface area contributed by atoms with E-state index in [0.29, 0.717) is 19.5 Å². The number of likely N-dealkylation sites (tertiary alicyclic amines) is 1. The molecule has 6 nitrogen and oxygen atoms in total.